The van der Waals surface area contributed by atoms with Gasteiger partial charge in [0.15, 0.2) is 6.29 Å². The van der Waals surface area contributed by atoms with Crippen molar-refractivity contribution in [2.75, 3.05) is 0 Å². The summed E-state index contributed by atoms with van der Waals surface area (Å²) in [6, 6.07) is 3.81. The highest BCUT2D eigenvalue weighted by atomic mass is 19.1. The van der Waals surface area contributed by atoms with Gasteiger partial charge in [-0.05, 0) is 24.1 Å². The third kappa shape index (κ3) is 3.63. The van der Waals surface area contributed by atoms with E-state index in [1.165, 1.54) is 12.1 Å². The minimum atomic E-state index is -0.470. The van der Waals surface area contributed by atoms with Crippen LogP contribution in [-0.4, -0.2) is 21.3 Å². The van der Waals surface area contributed by atoms with Crippen molar-refractivity contribution in [3.63, 3.8) is 0 Å². The summed E-state index contributed by atoms with van der Waals surface area (Å²) in [5, 5.41) is 7.97. The Bertz CT molecular complexity index is 596. The van der Waals surface area contributed by atoms with E-state index in [0.717, 1.165) is 12.6 Å². The van der Waals surface area contributed by atoms with Gasteiger partial charge in [0.1, 0.15) is 23.9 Å². The number of nitrogens with zero attached hydrogens (tertiary/aromatic N) is 3. The van der Waals surface area contributed by atoms with E-state index in [1.54, 1.807) is 10.9 Å². The van der Waals surface area contributed by atoms with Gasteiger partial charge in [0.2, 0.25) is 0 Å². The molecule has 0 amide bonds. The number of aldehydes is 1. The molecule has 2 aromatic rings. The van der Waals surface area contributed by atoms with E-state index in [0.29, 0.717) is 23.6 Å². The van der Waals surface area contributed by atoms with Crippen LogP contribution in [0.15, 0.2) is 24.4 Å². The molecule has 0 saturated carbocycles. The molecule has 0 saturated heterocycles. The smallest absolute Gasteiger partial charge is 0.153 e. The van der Waals surface area contributed by atoms with Gasteiger partial charge >= 0.3 is 0 Å². The van der Waals surface area contributed by atoms with Gasteiger partial charge in [0.05, 0.1) is 11.8 Å². The second-order valence-corrected chi connectivity index (χ2v) is 4.91. The van der Waals surface area contributed by atoms with Gasteiger partial charge in [-0.15, -0.1) is 5.10 Å². The fraction of sp³-hybridized carbons (Fsp3) is 0.357. The summed E-state index contributed by atoms with van der Waals surface area (Å²) in [7, 11) is 0. The summed E-state index contributed by atoms with van der Waals surface area (Å²) in [6.45, 7) is 5.15. The van der Waals surface area contributed by atoms with Crippen molar-refractivity contribution < 1.29 is 13.9 Å². The highest BCUT2D eigenvalue weighted by Gasteiger charge is 2.07. The molecule has 0 aliphatic rings. The number of hydrogen-bond donors (Lipinski definition) is 0. The lowest BCUT2D eigenvalue weighted by Gasteiger charge is -2.06. The van der Waals surface area contributed by atoms with Crippen LogP contribution in [0.25, 0.3) is 0 Å². The lowest BCUT2D eigenvalue weighted by Crippen LogP contribution is -2.04. The number of benzene rings is 1. The zero-order chi connectivity index (χ0) is 14.5. The number of carbonyl (C=O) groups excluding carboxylic acids is 1. The Balaban J connectivity index is 2.01. The average molecular weight is 277 g/mol. The Kier molecular flexibility index (Phi) is 4.45. The summed E-state index contributed by atoms with van der Waals surface area (Å²) < 4.78 is 20.2. The first kappa shape index (κ1) is 14.2. The molecule has 0 radical (unpaired) electrons. The molecule has 0 N–H and O–H groups in total. The Hall–Kier alpha value is -2.24. The Morgan fingerprint density at radius 2 is 2.25 bits per heavy atom. The molecule has 0 fully saturated rings. The SMILES string of the molecule is CC(C)Cn1cc(COc2ccc(F)cc2C=O)nn1. The molecule has 1 heterocycles. The molecule has 0 aliphatic heterocycles. The van der Waals surface area contributed by atoms with Crippen LogP contribution in [0.2, 0.25) is 0 Å². The summed E-state index contributed by atoms with van der Waals surface area (Å²) in [5.41, 5.74) is 0.839. The number of ether oxygens (including phenoxy) is 1. The maximum absolute atomic E-state index is 13.0. The molecule has 6 heteroatoms. The zero-order valence-corrected chi connectivity index (χ0v) is 11.4. The van der Waals surface area contributed by atoms with Crippen LogP contribution < -0.4 is 4.74 Å². The minimum absolute atomic E-state index is 0.180. The fourth-order valence-electron chi connectivity index (χ4n) is 1.76. The summed E-state index contributed by atoms with van der Waals surface area (Å²) in [6.07, 6.45) is 2.36. The largest absolute Gasteiger partial charge is 0.486 e. The van der Waals surface area contributed by atoms with E-state index < -0.39 is 5.82 Å². The van der Waals surface area contributed by atoms with E-state index >= 15 is 0 Å². The zero-order valence-electron chi connectivity index (χ0n) is 11.4. The van der Waals surface area contributed by atoms with Gasteiger partial charge in [0.25, 0.3) is 0 Å². The molecule has 106 valence electrons. The standard InChI is InChI=1S/C14H16FN3O2/c1-10(2)6-18-7-13(16-17-18)9-20-14-4-3-12(15)5-11(14)8-19/h3-5,7-8,10H,6,9H2,1-2H3. The molecule has 20 heavy (non-hydrogen) atoms. The average Bonchev–Trinajstić information content (AvgIpc) is 2.84. The molecule has 0 aliphatic carbocycles. The number of halogens is 1. The summed E-state index contributed by atoms with van der Waals surface area (Å²) in [5.74, 6) is 0.339. The third-order valence-electron chi connectivity index (χ3n) is 2.61. The number of rotatable bonds is 6. The molecule has 0 unspecified atom stereocenters. The topological polar surface area (TPSA) is 57.0 Å². The highest BCUT2D eigenvalue weighted by molar-refractivity contribution is 5.79. The molecular weight excluding hydrogens is 261 g/mol. The van der Waals surface area contributed by atoms with Crippen molar-refractivity contribution in [1.82, 2.24) is 15.0 Å². The molecule has 0 atom stereocenters. The predicted octanol–water partition coefficient (Wildman–Crippen LogP) is 2.46. The first-order valence-electron chi connectivity index (χ1n) is 6.35. The number of hydrogen-bond acceptors (Lipinski definition) is 4. The molecular formula is C14H16FN3O2. The normalized spacial score (nSPS) is 10.8. The van der Waals surface area contributed by atoms with E-state index in [2.05, 4.69) is 24.2 Å². The van der Waals surface area contributed by atoms with Crippen molar-refractivity contribution in [3.05, 3.63) is 41.5 Å². The first-order valence-corrected chi connectivity index (χ1v) is 6.35. The van der Waals surface area contributed by atoms with Crippen LogP contribution >= 0.6 is 0 Å². The lowest BCUT2D eigenvalue weighted by molar-refractivity contribution is 0.111. The lowest BCUT2D eigenvalue weighted by atomic mass is 10.2. The van der Waals surface area contributed by atoms with Gasteiger partial charge < -0.3 is 4.74 Å². The van der Waals surface area contributed by atoms with Crippen molar-refractivity contribution in [3.8, 4) is 5.75 Å². The fourth-order valence-corrected chi connectivity index (χ4v) is 1.76. The molecule has 5 nitrogen and oxygen atoms in total. The van der Waals surface area contributed by atoms with E-state index in [9.17, 15) is 9.18 Å². The van der Waals surface area contributed by atoms with Crippen LogP contribution in [0.1, 0.15) is 29.9 Å². The summed E-state index contributed by atoms with van der Waals surface area (Å²) >= 11 is 0. The predicted molar refractivity (Wildman–Crippen MR) is 71.0 cm³/mol. The molecule has 0 spiro atoms. The van der Waals surface area contributed by atoms with E-state index in [4.69, 9.17) is 4.74 Å². The molecule has 2 rings (SSSR count). The second-order valence-electron chi connectivity index (χ2n) is 4.91. The van der Waals surface area contributed by atoms with Crippen LogP contribution in [-0.2, 0) is 13.2 Å². The van der Waals surface area contributed by atoms with Crippen molar-refractivity contribution in [1.29, 1.82) is 0 Å². The van der Waals surface area contributed by atoms with Crippen LogP contribution in [0.3, 0.4) is 0 Å². The van der Waals surface area contributed by atoms with Gasteiger partial charge in [-0.25, -0.2) is 4.39 Å². The molecule has 0 bridgehead atoms. The van der Waals surface area contributed by atoms with Crippen molar-refractivity contribution >= 4 is 6.29 Å². The van der Waals surface area contributed by atoms with Crippen LogP contribution in [0.4, 0.5) is 4.39 Å². The van der Waals surface area contributed by atoms with E-state index in [1.807, 2.05) is 0 Å². The second kappa shape index (κ2) is 6.27. The maximum Gasteiger partial charge on any atom is 0.153 e. The number of carbonyl (C=O) groups is 1. The van der Waals surface area contributed by atoms with Crippen molar-refractivity contribution in [2.45, 2.75) is 27.0 Å². The van der Waals surface area contributed by atoms with Gasteiger partial charge in [0, 0.05) is 6.54 Å². The Labute approximate surface area is 116 Å². The maximum atomic E-state index is 13.0. The van der Waals surface area contributed by atoms with Gasteiger partial charge in [-0.2, -0.15) is 0 Å². The summed E-state index contributed by atoms with van der Waals surface area (Å²) in [4.78, 5) is 10.8. The highest BCUT2D eigenvalue weighted by Crippen LogP contribution is 2.18. The third-order valence-corrected chi connectivity index (χ3v) is 2.61. The van der Waals surface area contributed by atoms with Gasteiger partial charge in [-0.3, -0.25) is 9.48 Å². The van der Waals surface area contributed by atoms with E-state index in [-0.39, 0.29) is 12.2 Å². The van der Waals surface area contributed by atoms with Gasteiger partial charge in [-0.1, -0.05) is 19.1 Å². The first-order chi connectivity index (χ1) is 9.58. The Morgan fingerprint density at radius 3 is 2.95 bits per heavy atom. The molecule has 1 aromatic heterocycles. The number of aromatic nitrogens is 3. The quantitative estimate of drug-likeness (QED) is 0.761. The Morgan fingerprint density at radius 1 is 1.45 bits per heavy atom. The monoisotopic (exact) mass is 277 g/mol. The van der Waals surface area contributed by atoms with Crippen LogP contribution in [0.5, 0.6) is 5.75 Å². The minimum Gasteiger partial charge on any atom is -0.486 e. The van der Waals surface area contributed by atoms with Crippen LogP contribution in [0, 0.1) is 11.7 Å². The van der Waals surface area contributed by atoms with Crippen molar-refractivity contribution in [2.24, 2.45) is 5.92 Å². The molecule has 1 aromatic carbocycles.